The molecule has 3 N–H and O–H groups in total. The number of benzene rings is 1. The van der Waals surface area contributed by atoms with Gasteiger partial charge < -0.3 is 25.4 Å². The molecule has 7 heteroatoms. The van der Waals surface area contributed by atoms with E-state index in [-0.39, 0.29) is 17.4 Å². The Bertz CT molecular complexity index is 602. The number of hydrogen-bond acceptors (Lipinski definition) is 5. The van der Waals surface area contributed by atoms with Crippen LogP contribution in [0.3, 0.4) is 0 Å². The number of carbonyl (C=O) groups is 2. The van der Waals surface area contributed by atoms with Gasteiger partial charge in [0, 0.05) is 31.7 Å². The maximum absolute atomic E-state index is 12.0. The van der Waals surface area contributed by atoms with Crippen LogP contribution < -0.4 is 10.6 Å². The second-order valence-electron chi connectivity index (χ2n) is 6.52. The van der Waals surface area contributed by atoms with Crippen molar-refractivity contribution in [3.63, 3.8) is 0 Å². The number of ether oxygens (including phenoxy) is 1. The highest BCUT2D eigenvalue weighted by Gasteiger charge is 2.26. The molecular weight excluding hydrogens is 298 g/mol. The minimum atomic E-state index is -0.582. The number of carbonyl (C=O) groups excluding carboxylic acids is 2. The van der Waals surface area contributed by atoms with Crippen LogP contribution >= 0.6 is 0 Å². The Labute approximate surface area is 135 Å². The Morgan fingerprint density at radius 2 is 1.78 bits per heavy atom. The average molecular weight is 321 g/mol. The van der Waals surface area contributed by atoms with Crippen LogP contribution in [0, 0.1) is 0 Å². The Morgan fingerprint density at radius 1 is 1.17 bits per heavy atom. The normalized spacial score (nSPS) is 15.4. The second-order valence-corrected chi connectivity index (χ2v) is 6.52. The first kappa shape index (κ1) is 16.9. The van der Waals surface area contributed by atoms with Gasteiger partial charge in [0.2, 0.25) is 5.91 Å². The molecule has 0 spiro atoms. The average Bonchev–Trinajstić information content (AvgIpc) is 2.45. The molecule has 2 rings (SSSR count). The molecular formula is C16H23N3O4. The lowest BCUT2D eigenvalue weighted by atomic mass is 10.1. The number of anilines is 1. The summed E-state index contributed by atoms with van der Waals surface area (Å²) in [6.07, 6.45) is -0.328. The topological polar surface area (TPSA) is 96.1 Å². The van der Waals surface area contributed by atoms with Gasteiger partial charge in [-0.1, -0.05) is 0 Å². The number of phenols is 1. The minimum Gasteiger partial charge on any atom is -0.506 e. The van der Waals surface area contributed by atoms with E-state index < -0.39 is 11.5 Å². The number of rotatable bonds is 2. The smallest absolute Gasteiger partial charge is 0.410 e. The number of aromatic hydroxyl groups is 1. The Morgan fingerprint density at radius 3 is 2.26 bits per heavy atom. The van der Waals surface area contributed by atoms with Gasteiger partial charge in [0.15, 0.2) is 0 Å². The molecule has 0 aliphatic carbocycles. The number of nitrogens with two attached hydrogens (primary N) is 1. The highest BCUT2D eigenvalue weighted by molar-refractivity contribution is 5.94. The van der Waals surface area contributed by atoms with Crippen molar-refractivity contribution in [3.8, 4) is 5.75 Å². The quantitative estimate of drug-likeness (QED) is 0.861. The van der Waals surface area contributed by atoms with E-state index in [0.29, 0.717) is 31.9 Å². The van der Waals surface area contributed by atoms with Gasteiger partial charge in [-0.15, -0.1) is 0 Å². The summed E-state index contributed by atoms with van der Waals surface area (Å²) in [5, 5.41) is 10.1. The summed E-state index contributed by atoms with van der Waals surface area (Å²) in [5.74, 6) is -0.575. The number of amides is 2. The van der Waals surface area contributed by atoms with Crippen LogP contribution in [0.2, 0.25) is 0 Å². The third-order valence-electron chi connectivity index (χ3n) is 3.53. The fraction of sp³-hybridized carbons (Fsp3) is 0.500. The van der Waals surface area contributed by atoms with E-state index in [4.69, 9.17) is 10.5 Å². The first-order valence-corrected chi connectivity index (χ1v) is 7.53. The zero-order valence-electron chi connectivity index (χ0n) is 13.7. The SMILES string of the molecule is CC(C)(C)OC(=O)N1CCN(c2ccc(C(N)=O)cc2O)CC1. The van der Waals surface area contributed by atoms with Crippen LogP contribution in [0.15, 0.2) is 18.2 Å². The maximum atomic E-state index is 12.0. The van der Waals surface area contributed by atoms with Crippen molar-refractivity contribution < 1.29 is 19.4 Å². The minimum absolute atomic E-state index is 0.00650. The summed E-state index contributed by atoms with van der Waals surface area (Å²) >= 11 is 0. The Balaban J connectivity index is 1.99. The summed E-state index contributed by atoms with van der Waals surface area (Å²) in [6, 6.07) is 4.61. The number of piperazine rings is 1. The van der Waals surface area contributed by atoms with Gasteiger partial charge in [-0.25, -0.2) is 4.79 Å². The molecule has 1 aliphatic rings. The summed E-state index contributed by atoms with van der Waals surface area (Å²) in [6.45, 7) is 7.65. The summed E-state index contributed by atoms with van der Waals surface area (Å²) in [4.78, 5) is 26.7. The molecule has 126 valence electrons. The zero-order valence-corrected chi connectivity index (χ0v) is 13.7. The van der Waals surface area contributed by atoms with Gasteiger partial charge in [0.1, 0.15) is 11.4 Å². The fourth-order valence-electron chi connectivity index (χ4n) is 2.40. The number of hydrogen-bond donors (Lipinski definition) is 2. The lowest BCUT2D eigenvalue weighted by Crippen LogP contribution is -2.50. The maximum Gasteiger partial charge on any atom is 0.410 e. The van der Waals surface area contributed by atoms with Gasteiger partial charge in [0.25, 0.3) is 0 Å². The molecule has 0 atom stereocenters. The van der Waals surface area contributed by atoms with Gasteiger partial charge in [-0.2, -0.15) is 0 Å². The zero-order chi connectivity index (χ0) is 17.2. The van der Waals surface area contributed by atoms with Crippen molar-refractivity contribution >= 4 is 17.7 Å². The number of primary amides is 1. The van der Waals surface area contributed by atoms with E-state index in [9.17, 15) is 14.7 Å². The summed E-state index contributed by atoms with van der Waals surface area (Å²) in [5.41, 5.74) is 5.56. The molecule has 1 aromatic rings. The second kappa shape index (κ2) is 6.36. The van der Waals surface area contributed by atoms with Gasteiger partial charge in [0.05, 0.1) is 5.69 Å². The molecule has 0 saturated carbocycles. The van der Waals surface area contributed by atoms with Crippen LogP contribution in [0.1, 0.15) is 31.1 Å². The van der Waals surface area contributed by atoms with E-state index in [1.807, 2.05) is 25.7 Å². The van der Waals surface area contributed by atoms with Crippen molar-refractivity contribution in [2.75, 3.05) is 31.1 Å². The third kappa shape index (κ3) is 4.28. The third-order valence-corrected chi connectivity index (χ3v) is 3.53. The molecule has 2 amide bonds. The predicted molar refractivity (Wildman–Crippen MR) is 86.6 cm³/mol. The molecule has 0 aromatic heterocycles. The van der Waals surface area contributed by atoms with Crippen LogP contribution in [-0.4, -0.2) is 53.8 Å². The molecule has 0 radical (unpaired) electrons. The standard InChI is InChI=1S/C16H23N3O4/c1-16(2,3)23-15(22)19-8-6-18(7-9-19)12-5-4-11(14(17)21)10-13(12)20/h4-5,10,20H,6-9H2,1-3H3,(H2,17,21). The monoisotopic (exact) mass is 321 g/mol. The first-order chi connectivity index (χ1) is 10.7. The molecule has 1 heterocycles. The van der Waals surface area contributed by atoms with E-state index in [0.717, 1.165) is 0 Å². The van der Waals surface area contributed by atoms with Gasteiger partial charge in [-0.3, -0.25) is 4.79 Å². The van der Waals surface area contributed by atoms with E-state index in [2.05, 4.69) is 0 Å². The van der Waals surface area contributed by atoms with Crippen molar-refractivity contribution in [3.05, 3.63) is 23.8 Å². The Hall–Kier alpha value is -2.44. The van der Waals surface area contributed by atoms with Crippen molar-refractivity contribution in [2.24, 2.45) is 5.73 Å². The highest BCUT2D eigenvalue weighted by Crippen LogP contribution is 2.29. The number of nitrogens with zero attached hydrogens (tertiary/aromatic N) is 2. The first-order valence-electron chi connectivity index (χ1n) is 7.53. The molecule has 23 heavy (non-hydrogen) atoms. The van der Waals surface area contributed by atoms with E-state index >= 15 is 0 Å². The molecule has 7 nitrogen and oxygen atoms in total. The lowest BCUT2D eigenvalue weighted by molar-refractivity contribution is 0.0240. The van der Waals surface area contributed by atoms with Crippen molar-refractivity contribution in [1.82, 2.24) is 4.90 Å². The summed E-state index contributed by atoms with van der Waals surface area (Å²) < 4.78 is 5.35. The van der Waals surface area contributed by atoms with E-state index in [1.54, 1.807) is 17.0 Å². The van der Waals surface area contributed by atoms with Crippen LogP contribution in [0.25, 0.3) is 0 Å². The fourth-order valence-corrected chi connectivity index (χ4v) is 2.40. The van der Waals surface area contributed by atoms with Crippen molar-refractivity contribution in [1.29, 1.82) is 0 Å². The lowest BCUT2D eigenvalue weighted by Gasteiger charge is -2.37. The molecule has 1 fully saturated rings. The van der Waals surface area contributed by atoms with Crippen molar-refractivity contribution in [2.45, 2.75) is 26.4 Å². The molecule has 0 bridgehead atoms. The largest absolute Gasteiger partial charge is 0.506 e. The van der Waals surface area contributed by atoms with E-state index in [1.165, 1.54) is 6.07 Å². The molecule has 1 saturated heterocycles. The van der Waals surface area contributed by atoms with Crippen LogP contribution in [0.4, 0.5) is 10.5 Å². The predicted octanol–water partition coefficient (Wildman–Crippen LogP) is 1.55. The van der Waals surface area contributed by atoms with Gasteiger partial charge in [-0.05, 0) is 39.0 Å². The Kier molecular flexibility index (Phi) is 4.68. The molecule has 0 unspecified atom stereocenters. The highest BCUT2D eigenvalue weighted by atomic mass is 16.6. The molecule has 1 aromatic carbocycles. The summed E-state index contributed by atoms with van der Waals surface area (Å²) in [7, 11) is 0. The molecule has 1 aliphatic heterocycles. The van der Waals surface area contributed by atoms with Crippen LogP contribution in [0.5, 0.6) is 5.75 Å². The number of phenolic OH excluding ortho intramolecular Hbond substituents is 1. The van der Waals surface area contributed by atoms with Gasteiger partial charge >= 0.3 is 6.09 Å². The van der Waals surface area contributed by atoms with Crippen LogP contribution in [-0.2, 0) is 4.74 Å².